The summed E-state index contributed by atoms with van der Waals surface area (Å²) in [6.45, 7) is 5.57. The highest BCUT2D eigenvalue weighted by Gasteiger charge is 2.34. The molecular weight excluding hydrogens is 289 g/mol. The van der Waals surface area contributed by atoms with Crippen molar-refractivity contribution < 1.29 is 14.1 Å². The van der Waals surface area contributed by atoms with Crippen LogP contribution in [0.25, 0.3) is 5.57 Å². The summed E-state index contributed by atoms with van der Waals surface area (Å²) in [6, 6.07) is 5.70. The average molecular weight is 313 g/mol. The summed E-state index contributed by atoms with van der Waals surface area (Å²) in [6.07, 6.45) is 6.63. The van der Waals surface area contributed by atoms with Gasteiger partial charge in [0.25, 0.3) is 0 Å². The van der Waals surface area contributed by atoms with Gasteiger partial charge in [0, 0.05) is 24.2 Å². The topological polar surface area (TPSA) is 61.5 Å². The van der Waals surface area contributed by atoms with Crippen LogP contribution < -0.4 is 11.2 Å². The fourth-order valence-electron chi connectivity index (χ4n) is 3.16. The molecule has 1 aliphatic carbocycles. The maximum Gasteiger partial charge on any atom is 0.493 e. The van der Waals surface area contributed by atoms with Crippen LogP contribution in [-0.4, -0.2) is 26.2 Å². The van der Waals surface area contributed by atoms with Gasteiger partial charge in [-0.2, -0.15) is 0 Å². The van der Waals surface area contributed by atoms with Crippen LogP contribution in [0.1, 0.15) is 55.5 Å². The lowest BCUT2D eigenvalue weighted by atomic mass is 9.74. The Hall–Kier alpha value is -1.59. The van der Waals surface area contributed by atoms with Crippen LogP contribution in [-0.2, 0) is 9.31 Å². The number of allylic oxidation sites excluding steroid dienone is 2. The SMILES string of the molecule is CC1(C)COB(c2ccc(C(N)=O)c(C3=CCCCC3)c2)OC1. The molecule has 1 amide bonds. The Morgan fingerprint density at radius 3 is 2.57 bits per heavy atom. The molecule has 0 radical (unpaired) electrons. The molecule has 0 spiro atoms. The molecule has 2 aliphatic rings. The van der Waals surface area contributed by atoms with E-state index in [1.807, 2.05) is 12.1 Å². The van der Waals surface area contributed by atoms with E-state index in [1.165, 1.54) is 12.0 Å². The van der Waals surface area contributed by atoms with Gasteiger partial charge in [0.2, 0.25) is 5.91 Å². The monoisotopic (exact) mass is 313 g/mol. The number of rotatable bonds is 3. The van der Waals surface area contributed by atoms with Crippen LogP contribution >= 0.6 is 0 Å². The zero-order valence-electron chi connectivity index (χ0n) is 13.9. The predicted octanol–water partition coefficient (Wildman–Crippen LogP) is 2.51. The third-order valence-corrected chi connectivity index (χ3v) is 4.47. The lowest BCUT2D eigenvalue weighted by Gasteiger charge is -2.33. The Balaban J connectivity index is 1.91. The number of benzene rings is 1. The number of hydrogen-bond acceptors (Lipinski definition) is 3. The first-order valence-electron chi connectivity index (χ1n) is 8.33. The van der Waals surface area contributed by atoms with E-state index in [2.05, 4.69) is 19.9 Å². The van der Waals surface area contributed by atoms with Crippen LogP contribution in [0.3, 0.4) is 0 Å². The van der Waals surface area contributed by atoms with Crippen molar-refractivity contribution in [2.24, 2.45) is 11.1 Å². The number of carbonyl (C=O) groups is 1. The van der Waals surface area contributed by atoms with E-state index in [0.29, 0.717) is 18.8 Å². The summed E-state index contributed by atoms with van der Waals surface area (Å²) in [5.41, 5.74) is 9.28. The minimum absolute atomic E-state index is 0.0401. The summed E-state index contributed by atoms with van der Waals surface area (Å²) < 4.78 is 11.7. The van der Waals surface area contributed by atoms with Crippen LogP contribution in [0.4, 0.5) is 0 Å². The van der Waals surface area contributed by atoms with E-state index in [1.54, 1.807) is 6.07 Å². The fraction of sp³-hybridized carbons (Fsp3) is 0.500. The van der Waals surface area contributed by atoms with Crippen molar-refractivity contribution in [1.29, 1.82) is 0 Å². The zero-order valence-corrected chi connectivity index (χ0v) is 13.9. The van der Waals surface area contributed by atoms with E-state index in [9.17, 15) is 4.79 Å². The summed E-state index contributed by atoms with van der Waals surface area (Å²) in [5.74, 6) is -0.385. The Morgan fingerprint density at radius 2 is 1.96 bits per heavy atom. The second kappa shape index (κ2) is 6.50. The number of hydrogen-bond donors (Lipinski definition) is 1. The van der Waals surface area contributed by atoms with Gasteiger partial charge in [-0.3, -0.25) is 4.79 Å². The summed E-state index contributed by atoms with van der Waals surface area (Å²) in [5, 5.41) is 0. The smallest absolute Gasteiger partial charge is 0.407 e. The van der Waals surface area contributed by atoms with E-state index < -0.39 is 0 Å². The van der Waals surface area contributed by atoms with E-state index in [-0.39, 0.29) is 18.4 Å². The van der Waals surface area contributed by atoms with Gasteiger partial charge >= 0.3 is 7.12 Å². The highest BCUT2D eigenvalue weighted by molar-refractivity contribution is 6.61. The van der Waals surface area contributed by atoms with Crippen molar-refractivity contribution >= 4 is 24.1 Å². The largest absolute Gasteiger partial charge is 0.493 e. The maximum absolute atomic E-state index is 11.8. The highest BCUT2D eigenvalue weighted by Crippen LogP contribution is 2.29. The van der Waals surface area contributed by atoms with Crippen LogP contribution in [0.2, 0.25) is 0 Å². The molecule has 1 fully saturated rings. The lowest BCUT2D eigenvalue weighted by Crippen LogP contribution is -2.47. The minimum atomic E-state index is -0.385. The van der Waals surface area contributed by atoms with Crippen molar-refractivity contribution in [2.75, 3.05) is 13.2 Å². The van der Waals surface area contributed by atoms with Gasteiger partial charge in [-0.05, 0) is 48.3 Å². The Bertz CT molecular complexity index is 629. The summed E-state index contributed by atoms with van der Waals surface area (Å²) in [7, 11) is -0.368. The van der Waals surface area contributed by atoms with Gasteiger partial charge < -0.3 is 15.0 Å². The molecule has 1 heterocycles. The van der Waals surface area contributed by atoms with Crippen LogP contribution in [0.5, 0.6) is 0 Å². The second-order valence-corrected chi connectivity index (χ2v) is 7.26. The number of amides is 1. The Labute approximate surface area is 138 Å². The fourth-order valence-corrected chi connectivity index (χ4v) is 3.16. The Kier molecular flexibility index (Phi) is 4.60. The first-order chi connectivity index (χ1) is 11.0. The second-order valence-electron chi connectivity index (χ2n) is 7.26. The Morgan fingerprint density at radius 1 is 1.22 bits per heavy atom. The normalized spacial score (nSPS) is 21.0. The van der Waals surface area contributed by atoms with Crippen molar-refractivity contribution in [1.82, 2.24) is 0 Å². The molecule has 23 heavy (non-hydrogen) atoms. The molecule has 2 N–H and O–H groups in total. The van der Waals surface area contributed by atoms with E-state index >= 15 is 0 Å². The number of nitrogens with two attached hydrogens (primary N) is 1. The molecule has 0 bridgehead atoms. The van der Waals surface area contributed by atoms with Gasteiger partial charge in [0.05, 0.1) is 0 Å². The predicted molar refractivity (Wildman–Crippen MR) is 92.5 cm³/mol. The number of primary amides is 1. The average Bonchev–Trinajstić information content (AvgIpc) is 2.55. The van der Waals surface area contributed by atoms with Gasteiger partial charge in [-0.15, -0.1) is 0 Å². The molecule has 122 valence electrons. The van der Waals surface area contributed by atoms with E-state index in [4.69, 9.17) is 15.0 Å². The first-order valence-corrected chi connectivity index (χ1v) is 8.33. The molecule has 1 aromatic rings. The quantitative estimate of drug-likeness (QED) is 0.872. The molecule has 0 saturated carbocycles. The molecular formula is C18H24BNO3. The van der Waals surface area contributed by atoms with Crippen molar-refractivity contribution in [2.45, 2.75) is 39.5 Å². The van der Waals surface area contributed by atoms with Gasteiger partial charge in [-0.1, -0.05) is 32.1 Å². The molecule has 1 aliphatic heterocycles. The van der Waals surface area contributed by atoms with E-state index in [0.717, 1.165) is 30.3 Å². The molecule has 1 aromatic carbocycles. The standard InChI is InChI=1S/C18H24BNO3/c1-18(2)11-22-19(23-12-18)14-8-9-15(17(20)21)16(10-14)13-6-4-3-5-7-13/h6,8-10H,3-5,7,11-12H2,1-2H3,(H2,20,21). The minimum Gasteiger partial charge on any atom is -0.407 e. The van der Waals surface area contributed by atoms with Crippen molar-refractivity contribution in [3.8, 4) is 0 Å². The summed E-state index contributed by atoms with van der Waals surface area (Å²) >= 11 is 0. The van der Waals surface area contributed by atoms with Gasteiger partial charge in [-0.25, -0.2) is 0 Å². The lowest BCUT2D eigenvalue weighted by molar-refractivity contribution is 0.0343. The van der Waals surface area contributed by atoms with Crippen molar-refractivity contribution in [3.63, 3.8) is 0 Å². The molecule has 1 saturated heterocycles. The maximum atomic E-state index is 11.8. The molecule has 0 unspecified atom stereocenters. The van der Waals surface area contributed by atoms with Gasteiger partial charge in [0.15, 0.2) is 0 Å². The number of carbonyl (C=O) groups excluding carboxylic acids is 1. The van der Waals surface area contributed by atoms with Gasteiger partial charge in [0.1, 0.15) is 0 Å². The molecule has 4 nitrogen and oxygen atoms in total. The third kappa shape index (κ3) is 3.67. The van der Waals surface area contributed by atoms with Crippen molar-refractivity contribution in [3.05, 3.63) is 35.4 Å². The molecule has 3 rings (SSSR count). The third-order valence-electron chi connectivity index (χ3n) is 4.47. The molecule has 0 aromatic heterocycles. The highest BCUT2D eigenvalue weighted by atomic mass is 16.6. The first kappa shape index (κ1) is 16.3. The van der Waals surface area contributed by atoms with Crippen LogP contribution in [0.15, 0.2) is 24.3 Å². The summed E-state index contributed by atoms with van der Waals surface area (Å²) in [4.78, 5) is 11.8. The molecule has 0 atom stereocenters. The zero-order chi connectivity index (χ0) is 16.4. The molecule has 5 heteroatoms. The van der Waals surface area contributed by atoms with Crippen LogP contribution in [0, 0.1) is 5.41 Å².